The van der Waals surface area contributed by atoms with E-state index in [2.05, 4.69) is 20.1 Å². The van der Waals surface area contributed by atoms with Crippen molar-refractivity contribution >= 4 is 29.3 Å². The molecule has 0 aliphatic carbocycles. The van der Waals surface area contributed by atoms with Crippen molar-refractivity contribution in [1.29, 1.82) is 0 Å². The minimum absolute atomic E-state index is 0.208. The number of nitrogens with one attached hydrogen (secondary N) is 2. The number of azide groups is 1. The van der Waals surface area contributed by atoms with Crippen molar-refractivity contribution in [2.24, 2.45) is 11.0 Å². The van der Waals surface area contributed by atoms with Crippen LogP contribution in [-0.2, 0) is 29.0 Å². The van der Waals surface area contributed by atoms with Crippen LogP contribution in [0, 0.1) is 5.92 Å². The number of rotatable bonds is 13. The normalized spacial score (nSPS) is 21.8. The van der Waals surface area contributed by atoms with E-state index < -0.39 is 70.7 Å². The summed E-state index contributed by atoms with van der Waals surface area (Å²) in [6, 6.07) is 25.7. The van der Waals surface area contributed by atoms with Crippen molar-refractivity contribution in [3.8, 4) is 0 Å². The molecule has 51 heavy (non-hydrogen) atoms. The molecule has 0 radical (unpaired) electrons. The summed E-state index contributed by atoms with van der Waals surface area (Å²) in [5.41, 5.74) is 8.97. The second kappa shape index (κ2) is 15.5. The zero-order valence-corrected chi connectivity index (χ0v) is 30.4. The fraction of sp³-hybridized carbons (Fsp3) is 0.444. The lowest BCUT2D eigenvalue weighted by molar-refractivity contribution is -0.156. The molecule has 2 N–H and O–H groups in total. The number of amides is 2. The van der Waals surface area contributed by atoms with Crippen LogP contribution >= 0.6 is 0 Å². The van der Waals surface area contributed by atoms with Crippen LogP contribution in [-0.4, -0.2) is 61.7 Å². The quantitative estimate of drug-likeness (QED) is 0.0670. The molecule has 2 amide bonds. The van der Waals surface area contributed by atoms with Gasteiger partial charge < -0.3 is 19.4 Å². The van der Waals surface area contributed by atoms with E-state index in [0.29, 0.717) is 18.3 Å². The van der Waals surface area contributed by atoms with Gasteiger partial charge in [-0.1, -0.05) is 103 Å². The average Bonchev–Trinajstić information content (AvgIpc) is 3.57. The zero-order chi connectivity index (χ0) is 36.9. The third kappa shape index (κ3) is 8.57. The molecule has 2 saturated heterocycles. The molecular formula is C36H45BN6O7S. The van der Waals surface area contributed by atoms with Crippen LogP contribution in [0.5, 0.6) is 0 Å². The van der Waals surface area contributed by atoms with Crippen molar-refractivity contribution in [3.05, 3.63) is 118 Å². The highest BCUT2D eigenvalue weighted by molar-refractivity contribution is 7.87. The van der Waals surface area contributed by atoms with Gasteiger partial charge in [-0.25, -0.2) is 9.52 Å². The first-order valence-corrected chi connectivity index (χ1v) is 18.5. The van der Waals surface area contributed by atoms with Crippen molar-refractivity contribution in [1.82, 2.24) is 14.3 Å². The second-order valence-corrected chi connectivity index (χ2v) is 15.7. The van der Waals surface area contributed by atoms with Crippen LogP contribution in [0.25, 0.3) is 10.4 Å². The van der Waals surface area contributed by atoms with Gasteiger partial charge in [0.2, 0.25) is 0 Å². The van der Waals surface area contributed by atoms with Gasteiger partial charge >= 0.3 is 29.3 Å². The highest BCUT2D eigenvalue weighted by Gasteiger charge is 2.57. The highest BCUT2D eigenvalue weighted by Crippen LogP contribution is 2.41. The number of nitrogens with zero attached hydrogens (tertiary/aromatic N) is 4. The maximum absolute atomic E-state index is 14.0. The molecule has 3 aromatic carbocycles. The molecule has 0 saturated carbocycles. The Bertz CT molecular complexity index is 1770. The highest BCUT2D eigenvalue weighted by atomic mass is 32.2. The van der Waals surface area contributed by atoms with Gasteiger partial charge in [-0.2, -0.15) is 12.7 Å². The summed E-state index contributed by atoms with van der Waals surface area (Å²) in [5, 5.41) is 6.73. The molecule has 0 unspecified atom stereocenters. The Morgan fingerprint density at radius 2 is 1.45 bits per heavy atom. The smallest absolute Gasteiger partial charge is 0.457 e. The zero-order valence-electron chi connectivity index (χ0n) is 29.6. The van der Waals surface area contributed by atoms with E-state index >= 15 is 0 Å². The number of hydrogen-bond acceptors (Lipinski definition) is 8. The fourth-order valence-corrected chi connectivity index (χ4v) is 7.66. The standard InChI is InChI=1S/C36H45BN6O7S/c1-26(27-16-9-6-10-17-27)48-32(44)36(41-42-38)25-43(24-30(36)22-15-23-37-49-34(2,3)35(4,5)50-37)51(46,47)40-33(45)39-31(28-18-11-7-12-19-28)29-20-13-8-14-21-29/h6-14,16-21,26,30-31H,15,22-25H2,1-5H3,(H2,39,40,45)/t26-,30+,36+/m1/s1. The van der Waals surface area contributed by atoms with Crippen LogP contribution in [0.1, 0.15) is 76.3 Å². The van der Waals surface area contributed by atoms with Gasteiger partial charge in [0.05, 0.1) is 17.2 Å². The van der Waals surface area contributed by atoms with E-state index in [-0.39, 0.29) is 13.0 Å². The van der Waals surface area contributed by atoms with Crippen LogP contribution < -0.4 is 10.0 Å². The average molecular weight is 717 g/mol. The first-order valence-electron chi connectivity index (χ1n) is 17.0. The lowest BCUT2D eigenvalue weighted by Crippen LogP contribution is -2.50. The molecule has 2 aliphatic heterocycles. The molecule has 0 aromatic heterocycles. The van der Waals surface area contributed by atoms with E-state index in [1.165, 1.54) is 0 Å². The van der Waals surface area contributed by atoms with Crippen molar-refractivity contribution in [2.45, 2.75) is 82.7 Å². The van der Waals surface area contributed by atoms with E-state index in [0.717, 1.165) is 15.4 Å². The largest absolute Gasteiger partial charge is 0.457 e. The van der Waals surface area contributed by atoms with Gasteiger partial charge in [-0.15, -0.1) is 0 Å². The molecular weight excluding hydrogens is 671 g/mol. The SMILES string of the molecule is C[C@@H](OC(=O)[C@]1(N=[N+]=[N-])CN(S(=O)(=O)NC(=O)NC(c2ccccc2)c2ccccc2)C[C@@H]1CCCB1OC(C)(C)C(C)(C)O1)c1ccccc1. The molecule has 0 spiro atoms. The van der Waals surface area contributed by atoms with E-state index in [1.54, 1.807) is 19.1 Å². The number of carbonyl (C=O) groups is 2. The predicted molar refractivity (Wildman–Crippen MR) is 193 cm³/mol. The molecule has 2 heterocycles. The van der Waals surface area contributed by atoms with Gasteiger partial charge in [0.1, 0.15) is 6.10 Å². The minimum Gasteiger partial charge on any atom is -0.457 e. The number of urea groups is 1. The van der Waals surface area contributed by atoms with Gasteiger partial charge in [-0.3, -0.25) is 4.79 Å². The Labute approximate surface area is 300 Å². The molecule has 0 bridgehead atoms. The molecule has 2 aliphatic rings. The Balaban J connectivity index is 1.37. The molecule has 2 fully saturated rings. The first-order chi connectivity index (χ1) is 24.2. The van der Waals surface area contributed by atoms with Crippen molar-refractivity contribution in [3.63, 3.8) is 0 Å². The third-order valence-corrected chi connectivity index (χ3v) is 11.4. The van der Waals surface area contributed by atoms with Crippen LogP contribution in [0.4, 0.5) is 4.79 Å². The third-order valence-electron chi connectivity index (χ3n) is 10.0. The molecule has 3 atom stereocenters. The van der Waals surface area contributed by atoms with Gasteiger partial charge in [-0.05, 0) is 75.5 Å². The van der Waals surface area contributed by atoms with E-state index in [4.69, 9.17) is 14.0 Å². The van der Waals surface area contributed by atoms with Crippen molar-refractivity contribution < 1.29 is 32.1 Å². The number of benzene rings is 3. The van der Waals surface area contributed by atoms with E-state index in [9.17, 15) is 23.5 Å². The Kier molecular flexibility index (Phi) is 11.5. The van der Waals surface area contributed by atoms with Crippen LogP contribution in [0.15, 0.2) is 96.1 Å². The van der Waals surface area contributed by atoms with Crippen LogP contribution in [0.2, 0.25) is 6.32 Å². The monoisotopic (exact) mass is 716 g/mol. The summed E-state index contributed by atoms with van der Waals surface area (Å²) in [4.78, 5) is 30.4. The molecule has 5 rings (SSSR count). The summed E-state index contributed by atoms with van der Waals surface area (Å²) in [6.07, 6.45) is 0.486. The topological polar surface area (TPSA) is 172 Å². The Morgan fingerprint density at radius 1 is 0.941 bits per heavy atom. The van der Waals surface area contributed by atoms with Gasteiger partial charge in [0, 0.05) is 18.0 Å². The summed E-state index contributed by atoms with van der Waals surface area (Å²) in [5.74, 6) is -1.64. The van der Waals surface area contributed by atoms with Crippen LogP contribution in [0.3, 0.4) is 0 Å². The molecule has 3 aromatic rings. The Morgan fingerprint density at radius 3 is 1.96 bits per heavy atom. The molecule has 13 nitrogen and oxygen atoms in total. The lowest BCUT2D eigenvalue weighted by Gasteiger charge is -2.32. The summed E-state index contributed by atoms with van der Waals surface area (Å²) in [7, 11) is -5.06. The number of hydrogen-bond donors (Lipinski definition) is 2. The Hall–Kier alpha value is -4.40. The summed E-state index contributed by atoms with van der Waals surface area (Å²) in [6.45, 7) is 8.77. The second-order valence-electron chi connectivity index (χ2n) is 14.0. The minimum atomic E-state index is -4.55. The van der Waals surface area contributed by atoms with Gasteiger partial charge in [0.25, 0.3) is 0 Å². The number of ether oxygens (including phenoxy) is 1. The number of esters is 1. The molecule has 15 heteroatoms. The molecule has 270 valence electrons. The maximum Gasteiger partial charge on any atom is 0.457 e. The first kappa shape index (κ1) is 37.9. The summed E-state index contributed by atoms with van der Waals surface area (Å²) < 4.78 is 48.9. The van der Waals surface area contributed by atoms with Gasteiger partial charge in [0.15, 0.2) is 5.54 Å². The predicted octanol–water partition coefficient (Wildman–Crippen LogP) is 6.48. The maximum atomic E-state index is 14.0. The lowest BCUT2D eigenvalue weighted by atomic mass is 9.78. The van der Waals surface area contributed by atoms with Crippen molar-refractivity contribution in [2.75, 3.05) is 13.1 Å². The fourth-order valence-electron chi connectivity index (χ4n) is 6.50. The summed E-state index contributed by atoms with van der Waals surface area (Å²) >= 11 is 0. The van der Waals surface area contributed by atoms with E-state index in [1.807, 2.05) is 107 Å². The number of carbonyl (C=O) groups excluding carboxylic acids is 2.